The molecule has 0 aliphatic heterocycles. The Kier molecular flexibility index (Phi) is 5.80. The van der Waals surface area contributed by atoms with Crippen LogP contribution in [0.25, 0.3) is 0 Å². The number of rotatable bonds is 4. The molecule has 5 heteroatoms. The number of benzene rings is 2. The average Bonchev–Trinajstić information content (AvgIpc) is 2.59. The Hall–Kier alpha value is -2.82. The first-order valence-corrected chi connectivity index (χ1v) is 8.26. The minimum Gasteiger partial charge on any atom is -0.370 e. The van der Waals surface area contributed by atoms with E-state index in [4.69, 9.17) is 0 Å². The van der Waals surface area contributed by atoms with Crippen LogP contribution in [0.1, 0.15) is 37.9 Å². The maximum absolute atomic E-state index is 12.5. The highest BCUT2D eigenvalue weighted by atomic mass is 16.2. The summed E-state index contributed by atoms with van der Waals surface area (Å²) in [5.74, 6) is -0.412. The van der Waals surface area contributed by atoms with Crippen molar-refractivity contribution >= 4 is 17.6 Å². The number of imide groups is 1. The summed E-state index contributed by atoms with van der Waals surface area (Å²) >= 11 is 0. The highest BCUT2D eigenvalue weighted by Gasteiger charge is 2.22. The molecule has 0 spiro atoms. The van der Waals surface area contributed by atoms with E-state index in [2.05, 4.69) is 36.7 Å². The van der Waals surface area contributed by atoms with Gasteiger partial charge in [0.15, 0.2) is 0 Å². The molecule has 2 rings (SSSR count). The van der Waals surface area contributed by atoms with Gasteiger partial charge in [-0.2, -0.15) is 0 Å². The molecule has 25 heavy (non-hydrogen) atoms. The van der Waals surface area contributed by atoms with Crippen molar-refractivity contribution in [3.63, 3.8) is 0 Å². The molecule has 2 aromatic carbocycles. The number of hydrogen-bond acceptors (Lipinski definition) is 3. The average molecular weight is 339 g/mol. The second-order valence-electron chi connectivity index (χ2n) is 6.88. The van der Waals surface area contributed by atoms with E-state index in [-0.39, 0.29) is 5.41 Å². The first-order valence-electron chi connectivity index (χ1n) is 8.26. The zero-order chi connectivity index (χ0) is 18.4. The number of hydrogen-bond donors (Lipinski definition) is 3. The van der Waals surface area contributed by atoms with Gasteiger partial charge in [0.2, 0.25) is 0 Å². The number of carbonyl (C=O) groups excluding carboxylic acids is 2. The third-order valence-electron chi connectivity index (χ3n) is 3.92. The maximum Gasteiger partial charge on any atom is 0.321 e. The third-order valence-corrected chi connectivity index (χ3v) is 3.92. The van der Waals surface area contributed by atoms with Gasteiger partial charge in [-0.3, -0.25) is 10.1 Å². The van der Waals surface area contributed by atoms with Crippen LogP contribution in [0.4, 0.5) is 10.5 Å². The van der Waals surface area contributed by atoms with Crippen molar-refractivity contribution in [3.8, 4) is 0 Å². The molecule has 0 radical (unpaired) electrons. The monoisotopic (exact) mass is 339 g/mol. The molecule has 0 saturated carbocycles. The highest BCUT2D eigenvalue weighted by Crippen LogP contribution is 2.25. The van der Waals surface area contributed by atoms with Gasteiger partial charge >= 0.3 is 6.03 Å². The van der Waals surface area contributed by atoms with Gasteiger partial charge in [0.25, 0.3) is 5.91 Å². The number of nitrogens with one attached hydrogen (secondary N) is 3. The largest absolute Gasteiger partial charge is 0.370 e. The molecule has 0 saturated heterocycles. The molecule has 132 valence electrons. The lowest BCUT2D eigenvalue weighted by Crippen LogP contribution is -2.42. The summed E-state index contributed by atoms with van der Waals surface area (Å²) in [5, 5.41) is 7.94. The minimum absolute atomic E-state index is 0.0634. The molecule has 0 aliphatic carbocycles. The zero-order valence-corrected chi connectivity index (χ0v) is 15.1. The van der Waals surface area contributed by atoms with E-state index < -0.39 is 18.0 Å². The van der Waals surface area contributed by atoms with Gasteiger partial charge < -0.3 is 10.6 Å². The number of carbonyl (C=O) groups is 2. The maximum atomic E-state index is 12.5. The lowest BCUT2D eigenvalue weighted by Gasteiger charge is -2.22. The Labute approximate surface area is 148 Å². The lowest BCUT2D eigenvalue weighted by atomic mass is 9.87. The van der Waals surface area contributed by atoms with Gasteiger partial charge in [-0.25, -0.2) is 4.79 Å². The molecule has 3 N–H and O–H groups in total. The summed E-state index contributed by atoms with van der Waals surface area (Å²) in [6, 6.07) is 16.1. The van der Waals surface area contributed by atoms with Crippen molar-refractivity contribution in [2.75, 3.05) is 12.4 Å². The Bertz CT molecular complexity index is 719. The van der Waals surface area contributed by atoms with E-state index in [1.165, 1.54) is 12.6 Å². The Morgan fingerprint density at radius 2 is 1.52 bits per heavy atom. The van der Waals surface area contributed by atoms with Crippen molar-refractivity contribution in [1.29, 1.82) is 0 Å². The van der Waals surface area contributed by atoms with Crippen LogP contribution in [0.3, 0.4) is 0 Å². The molecule has 0 aromatic heterocycles. The van der Waals surface area contributed by atoms with E-state index in [9.17, 15) is 9.59 Å². The first kappa shape index (κ1) is 18.5. The van der Waals surface area contributed by atoms with Crippen LogP contribution in [0.15, 0.2) is 54.6 Å². The summed E-state index contributed by atoms with van der Waals surface area (Å²) < 4.78 is 0. The molecule has 3 amide bonds. The number of urea groups is 1. The lowest BCUT2D eigenvalue weighted by molar-refractivity contribution is -0.120. The molecule has 0 bridgehead atoms. The van der Waals surface area contributed by atoms with Crippen molar-refractivity contribution < 1.29 is 9.59 Å². The summed E-state index contributed by atoms with van der Waals surface area (Å²) in [7, 11) is 1.47. The standard InChI is InChI=1S/C20H25N3O2/c1-20(2,3)15-10-12-16(13-11-15)22-17(14-8-6-5-7-9-14)18(24)23-19(25)21-4/h5-13,17,22H,1-4H3,(H2,21,23,24,25)/t17-/m0/s1. The fourth-order valence-corrected chi connectivity index (χ4v) is 2.43. The molecule has 0 unspecified atom stereocenters. The van der Waals surface area contributed by atoms with Crippen LogP contribution in [0.2, 0.25) is 0 Å². The van der Waals surface area contributed by atoms with E-state index >= 15 is 0 Å². The first-order chi connectivity index (χ1) is 11.8. The third kappa shape index (κ3) is 5.08. The molecular formula is C20H25N3O2. The minimum atomic E-state index is -0.668. The molecular weight excluding hydrogens is 314 g/mol. The SMILES string of the molecule is CNC(=O)NC(=O)[C@@H](Nc1ccc(C(C)(C)C)cc1)c1ccccc1. The second-order valence-corrected chi connectivity index (χ2v) is 6.88. The quantitative estimate of drug-likeness (QED) is 0.797. The van der Waals surface area contributed by atoms with Gasteiger partial charge in [-0.1, -0.05) is 63.2 Å². The number of amides is 3. The molecule has 1 atom stereocenters. The summed E-state index contributed by atoms with van der Waals surface area (Å²) in [5.41, 5.74) is 2.87. The fraction of sp³-hybridized carbons (Fsp3) is 0.300. The summed E-state index contributed by atoms with van der Waals surface area (Å²) in [6.07, 6.45) is 0. The van der Waals surface area contributed by atoms with Gasteiger partial charge in [0.05, 0.1) is 0 Å². The van der Waals surface area contributed by atoms with E-state index in [0.717, 1.165) is 11.3 Å². The fourth-order valence-electron chi connectivity index (χ4n) is 2.43. The van der Waals surface area contributed by atoms with Crippen molar-refractivity contribution in [2.24, 2.45) is 0 Å². The van der Waals surface area contributed by atoms with Crippen LogP contribution in [-0.2, 0) is 10.2 Å². The zero-order valence-electron chi connectivity index (χ0n) is 15.1. The topological polar surface area (TPSA) is 70.2 Å². The van der Waals surface area contributed by atoms with Gasteiger partial charge in [-0.15, -0.1) is 0 Å². The van der Waals surface area contributed by atoms with Crippen molar-refractivity contribution in [1.82, 2.24) is 10.6 Å². The number of anilines is 1. The second kappa shape index (κ2) is 7.83. The van der Waals surface area contributed by atoms with Crippen LogP contribution in [0, 0.1) is 0 Å². The van der Waals surface area contributed by atoms with Crippen LogP contribution < -0.4 is 16.0 Å². The van der Waals surface area contributed by atoms with Crippen LogP contribution in [-0.4, -0.2) is 19.0 Å². The van der Waals surface area contributed by atoms with Gasteiger partial charge in [0, 0.05) is 12.7 Å². The molecule has 2 aromatic rings. The van der Waals surface area contributed by atoms with Gasteiger partial charge in [0.1, 0.15) is 6.04 Å². The molecule has 0 aliphatic rings. The Morgan fingerprint density at radius 3 is 2.04 bits per heavy atom. The van der Waals surface area contributed by atoms with Crippen molar-refractivity contribution in [2.45, 2.75) is 32.2 Å². The smallest absolute Gasteiger partial charge is 0.321 e. The summed E-state index contributed by atoms with van der Waals surface area (Å²) in [4.78, 5) is 24.0. The predicted octanol–water partition coefficient (Wildman–Crippen LogP) is 3.59. The molecule has 5 nitrogen and oxygen atoms in total. The summed E-state index contributed by atoms with van der Waals surface area (Å²) in [6.45, 7) is 6.46. The van der Waals surface area contributed by atoms with E-state index in [1.807, 2.05) is 54.6 Å². The van der Waals surface area contributed by atoms with Gasteiger partial charge in [-0.05, 0) is 28.7 Å². The molecule has 0 heterocycles. The van der Waals surface area contributed by atoms with Crippen LogP contribution >= 0.6 is 0 Å². The van der Waals surface area contributed by atoms with Crippen LogP contribution in [0.5, 0.6) is 0 Å². The predicted molar refractivity (Wildman–Crippen MR) is 101 cm³/mol. The van der Waals surface area contributed by atoms with E-state index in [0.29, 0.717) is 0 Å². The van der Waals surface area contributed by atoms with E-state index in [1.54, 1.807) is 0 Å². The highest BCUT2D eigenvalue weighted by molar-refractivity contribution is 5.98. The molecule has 0 fully saturated rings. The Morgan fingerprint density at radius 1 is 0.920 bits per heavy atom. The Balaban J connectivity index is 2.24. The van der Waals surface area contributed by atoms with Crippen molar-refractivity contribution in [3.05, 3.63) is 65.7 Å². The normalized spacial score (nSPS) is 12.2.